The molecule has 0 heterocycles. The van der Waals surface area contributed by atoms with Crippen LogP contribution in [0.25, 0.3) is 0 Å². The molecule has 0 bridgehead atoms. The van der Waals surface area contributed by atoms with Gasteiger partial charge in [-0.2, -0.15) is 0 Å². The molecule has 0 fully saturated rings. The molecule has 4 heavy (non-hydrogen) atoms. The van der Waals surface area contributed by atoms with E-state index in [0.717, 1.165) is 0 Å². The zero-order chi connectivity index (χ0) is 4.00. The average molecular weight is 119 g/mol. The minimum absolute atomic E-state index is 1.90. The van der Waals surface area contributed by atoms with Gasteiger partial charge in [-0.25, -0.2) is 5.31 Å². The second kappa shape index (κ2) is 55.6. The molecular formula is HFOSV. The van der Waals surface area contributed by atoms with Crippen LogP contribution in [0.4, 0.5) is 4.53 Å². The van der Waals surface area contributed by atoms with Gasteiger partial charge in [0, 0.05) is 0 Å². The first kappa shape index (κ1) is 8.83. The van der Waals surface area contributed by atoms with Gasteiger partial charge in [-0.3, -0.25) is 0 Å². The predicted molar refractivity (Wildman–Crippen MR) is 10.9 cm³/mol. The monoisotopic (exact) mass is 119 g/mol. The zero-order valence-electron chi connectivity index (χ0n) is 1.68. The van der Waals surface area contributed by atoms with Crippen LogP contribution in [0.15, 0.2) is 0 Å². The Morgan fingerprint density at radius 2 is 1.50 bits per heavy atom. The summed E-state index contributed by atoms with van der Waals surface area (Å²) >= 11 is 1.90. The van der Waals surface area contributed by atoms with Crippen molar-refractivity contribution in [2.75, 3.05) is 0 Å². The van der Waals surface area contributed by atoms with Crippen molar-refractivity contribution in [3.63, 3.8) is 0 Å². The van der Waals surface area contributed by atoms with Crippen molar-refractivity contribution >= 4 is 10.3 Å². The van der Waals surface area contributed by atoms with Crippen LogP contribution in [0.2, 0.25) is 0 Å². The predicted octanol–water partition coefficient (Wildman–Crippen LogP) is 0.509. The van der Waals surface area contributed by atoms with Crippen molar-refractivity contribution in [2.24, 2.45) is 0 Å². The third-order valence-corrected chi connectivity index (χ3v) is 0. The fraction of sp³-hybridized carbons (Fsp3) is 0. The van der Waals surface area contributed by atoms with Gasteiger partial charge in [0.1, 0.15) is 0 Å². The van der Waals surface area contributed by atoms with Crippen molar-refractivity contribution in [3.8, 4) is 0 Å². The summed E-state index contributed by atoms with van der Waals surface area (Å²) < 4.78 is 8.50. The van der Waals surface area contributed by atoms with Crippen LogP contribution in [0, 0.1) is 0 Å². The third kappa shape index (κ3) is 16.0. The fourth-order valence-corrected chi connectivity index (χ4v) is 0. The quantitative estimate of drug-likeness (QED) is 0.501. The van der Waals surface area contributed by atoms with Crippen LogP contribution >= 0.6 is 10.3 Å². The second-order valence-electron chi connectivity index (χ2n) is 0. The van der Waals surface area contributed by atoms with Crippen LogP contribution in [0.5, 0.6) is 0 Å². The first-order valence-electron chi connectivity index (χ1n) is 0.352. The molecule has 0 aromatic rings. The van der Waals surface area contributed by atoms with Gasteiger partial charge in [-0.1, -0.05) is 4.53 Å². The Morgan fingerprint density at radius 1 is 1.50 bits per heavy atom. The third-order valence-electron chi connectivity index (χ3n) is 0. The van der Waals surface area contributed by atoms with E-state index in [4.69, 9.17) is 9.84 Å². The molecule has 0 aliphatic carbocycles. The van der Waals surface area contributed by atoms with E-state index in [1.54, 1.807) is 0 Å². The molecule has 0 atom stereocenters. The summed E-state index contributed by atoms with van der Waals surface area (Å²) in [4.78, 5) is 0. The Bertz CT molecular complexity index is 8.00. The van der Waals surface area contributed by atoms with Crippen molar-refractivity contribution < 1.29 is 25.6 Å². The molecule has 0 unspecified atom stereocenters. The first-order chi connectivity index (χ1) is 2.00. The maximum absolute atomic E-state index is 8.50. The van der Waals surface area contributed by atoms with Gasteiger partial charge < -0.3 is 0 Å². The molecule has 0 saturated heterocycles. The van der Waals surface area contributed by atoms with Gasteiger partial charge >= 0.3 is 26.0 Å². The minimum atomic E-state index is 1.90. The van der Waals surface area contributed by atoms with E-state index in [1.807, 2.05) is 15.7 Å². The van der Waals surface area contributed by atoms with E-state index in [2.05, 4.69) is 10.3 Å². The van der Waals surface area contributed by atoms with Gasteiger partial charge in [0.15, 0.2) is 0 Å². The molecule has 4 heteroatoms. The van der Waals surface area contributed by atoms with Crippen molar-refractivity contribution in [2.45, 2.75) is 0 Å². The Balaban J connectivity index is 0. The van der Waals surface area contributed by atoms with E-state index >= 15 is 0 Å². The molecular weight excluding hydrogens is 118 g/mol. The van der Waals surface area contributed by atoms with Crippen molar-refractivity contribution in [1.29, 1.82) is 0 Å². The molecule has 0 amide bonds. The summed E-state index contributed by atoms with van der Waals surface area (Å²) in [5.74, 6) is 0. The van der Waals surface area contributed by atoms with Gasteiger partial charge in [0.2, 0.25) is 0 Å². The summed E-state index contributed by atoms with van der Waals surface area (Å²) in [5.41, 5.74) is 0. The molecule has 1 nitrogen and oxygen atoms in total. The Morgan fingerprint density at radius 3 is 1.50 bits per heavy atom. The molecule has 0 spiro atoms. The number of hydrogen-bond acceptors (Lipinski definition) is 2. The average Bonchev–Trinajstić information content (AvgIpc) is 1.50. The number of rotatable bonds is 0. The van der Waals surface area contributed by atoms with Crippen LogP contribution in [0.1, 0.15) is 0 Å². The molecule has 0 aromatic heterocycles. The van der Waals surface area contributed by atoms with Gasteiger partial charge in [0.25, 0.3) is 0 Å². The SMILES string of the molecule is OF.[S]=[V]. The summed E-state index contributed by atoms with van der Waals surface area (Å²) in [7, 11) is 4.02. The Kier molecular flexibility index (Phi) is 123. The molecule has 0 rings (SSSR count). The summed E-state index contributed by atoms with van der Waals surface area (Å²) in [6.45, 7) is 0. The van der Waals surface area contributed by atoms with E-state index in [-0.39, 0.29) is 0 Å². The molecule has 25 valence electrons. The Hall–Kier alpha value is 0.694. The van der Waals surface area contributed by atoms with E-state index in [9.17, 15) is 0 Å². The molecule has 0 radical (unpaired) electrons. The molecule has 0 saturated carbocycles. The van der Waals surface area contributed by atoms with E-state index < -0.39 is 0 Å². The van der Waals surface area contributed by atoms with Gasteiger partial charge in [-0.15, -0.1) is 0 Å². The van der Waals surface area contributed by atoms with Crippen LogP contribution < -0.4 is 0 Å². The summed E-state index contributed by atoms with van der Waals surface area (Å²) in [6.07, 6.45) is 0. The van der Waals surface area contributed by atoms with Gasteiger partial charge in [0.05, 0.1) is 0 Å². The Labute approximate surface area is 36.4 Å². The van der Waals surface area contributed by atoms with Crippen LogP contribution in [-0.2, 0) is 15.7 Å². The number of hydrogen-bond donors (Lipinski definition) is 1. The summed E-state index contributed by atoms with van der Waals surface area (Å²) in [6, 6.07) is 0. The summed E-state index contributed by atoms with van der Waals surface area (Å²) in [5, 5.41) is 5.50. The zero-order valence-corrected chi connectivity index (χ0v) is 3.89. The number of halogens is 1. The van der Waals surface area contributed by atoms with E-state index in [1.165, 1.54) is 0 Å². The molecule has 0 aliphatic rings. The normalized spacial score (nSPS) is 2.25. The molecule has 1 N–H and O–H groups in total. The van der Waals surface area contributed by atoms with Crippen LogP contribution in [-0.4, -0.2) is 5.31 Å². The topological polar surface area (TPSA) is 20.2 Å². The standard InChI is InChI=1S/FHO.S.V/c1-2;;/h2H;;. The van der Waals surface area contributed by atoms with Crippen molar-refractivity contribution in [1.82, 2.24) is 0 Å². The van der Waals surface area contributed by atoms with E-state index in [0.29, 0.717) is 0 Å². The van der Waals surface area contributed by atoms with Gasteiger partial charge in [-0.05, 0) is 0 Å². The maximum atomic E-state index is 8.50. The first-order valence-corrected chi connectivity index (χ1v) is 2.43. The second-order valence-corrected chi connectivity index (χ2v) is 0. The van der Waals surface area contributed by atoms with Crippen LogP contribution in [0.3, 0.4) is 0 Å². The molecule has 0 aliphatic heterocycles. The van der Waals surface area contributed by atoms with Crippen molar-refractivity contribution in [3.05, 3.63) is 0 Å². The molecule has 0 aromatic carbocycles. The fourth-order valence-electron chi connectivity index (χ4n) is 0.